The Morgan fingerprint density at radius 2 is 1.74 bits per heavy atom. The number of nitrogens with one attached hydrogen (secondary N) is 2. The third-order valence-electron chi connectivity index (χ3n) is 3.71. The summed E-state index contributed by atoms with van der Waals surface area (Å²) in [6, 6.07) is 10.8. The van der Waals surface area contributed by atoms with Gasteiger partial charge in [-0.1, -0.05) is 18.2 Å². The summed E-state index contributed by atoms with van der Waals surface area (Å²) in [5.74, 6) is -1.07. The molecule has 0 aliphatic heterocycles. The van der Waals surface area contributed by atoms with Gasteiger partial charge in [-0.15, -0.1) is 0 Å². The minimum atomic E-state index is -0.752. The standard InChI is InChI=1S/C19H16F2N4O2/c1-27-13-7-5-12(6-8-13)9-24-19(26)16-10-23-17(11-22-16)25-18-14(20)3-2-4-15(18)21/h2-8,10-11H,9H2,1H3,(H,23,25)(H,24,26). The van der Waals surface area contributed by atoms with Gasteiger partial charge in [0, 0.05) is 6.54 Å². The molecule has 0 aliphatic rings. The van der Waals surface area contributed by atoms with E-state index in [1.807, 2.05) is 12.1 Å². The third kappa shape index (κ3) is 4.55. The molecular formula is C19H16F2N4O2. The van der Waals surface area contributed by atoms with Gasteiger partial charge in [-0.2, -0.15) is 0 Å². The zero-order chi connectivity index (χ0) is 19.2. The number of ether oxygens (including phenoxy) is 1. The fourth-order valence-electron chi connectivity index (χ4n) is 2.27. The third-order valence-corrected chi connectivity index (χ3v) is 3.71. The van der Waals surface area contributed by atoms with Crippen LogP contribution in [0.5, 0.6) is 5.75 Å². The molecule has 1 heterocycles. The molecule has 0 radical (unpaired) electrons. The maximum absolute atomic E-state index is 13.6. The first kappa shape index (κ1) is 18.2. The number of amides is 1. The van der Waals surface area contributed by atoms with Crippen molar-refractivity contribution in [2.24, 2.45) is 0 Å². The number of benzene rings is 2. The highest BCUT2D eigenvalue weighted by atomic mass is 19.1. The summed E-state index contributed by atoms with van der Waals surface area (Å²) in [6.45, 7) is 0.310. The topological polar surface area (TPSA) is 76.1 Å². The van der Waals surface area contributed by atoms with E-state index in [0.29, 0.717) is 6.54 Å². The fraction of sp³-hybridized carbons (Fsp3) is 0.105. The van der Waals surface area contributed by atoms with Crippen molar-refractivity contribution in [3.8, 4) is 5.75 Å². The number of carbonyl (C=O) groups is 1. The maximum atomic E-state index is 13.6. The van der Waals surface area contributed by atoms with E-state index in [4.69, 9.17) is 4.74 Å². The van der Waals surface area contributed by atoms with Crippen molar-refractivity contribution in [2.75, 3.05) is 12.4 Å². The number of aromatic nitrogens is 2. The number of methoxy groups -OCH3 is 1. The lowest BCUT2D eigenvalue weighted by molar-refractivity contribution is 0.0945. The quantitative estimate of drug-likeness (QED) is 0.695. The zero-order valence-corrected chi connectivity index (χ0v) is 14.4. The molecule has 1 aromatic heterocycles. The number of hydrogen-bond acceptors (Lipinski definition) is 5. The Labute approximate surface area is 154 Å². The summed E-state index contributed by atoms with van der Waals surface area (Å²) in [7, 11) is 1.58. The van der Waals surface area contributed by atoms with Gasteiger partial charge in [0.25, 0.3) is 5.91 Å². The molecule has 2 aromatic carbocycles. The number of para-hydroxylation sites is 1. The summed E-state index contributed by atoms with van der Waals surface area (Å²) < 4.78 is 32.3. The molecule has 138 valence electrons. The summed E-state index contributed by atoms with van der Waals surface area (Å²) >= 11 is 0. The molecule has 3 rings (SSSR count). The van der Waals surface area contributed by atoms with Crippen molar-refractivity contribution in [1.82, 2.24) is 15.3 Å². The van der Waals surface area contributed by atoms with Gasteiger partial charge >= 0.3 is 0 Å². The Bertz CT molecular complexity index is 911. The van der Waals surface area contributed by atoms with Gasteiger partial charge in [0.15, 0.2) is 0 Å². The van der Waals surface area contributed by atoms with Crippen LogP contribution in [-0.4, -0.2) is 23.0 Å². The van der Waals surface area contributed by atoms with E-state index in [1.54, 1.807) is 19.2 Å². The molecule has 0 unspecified atom stereocenters. The predicted octanol–water partition coefficient (Wildman–Crippen LogP) is 3.44. The monoisotopic (exact) mass is 370 g/mol. The van der Waals surface area contributed by atoms with Crippen LogP contribution in [0, 0.1) is 11.6 Å². The van der Waals surface area contributed by atoms with Crippen molar-refractivity contribution in [2.45, 2.75) is 6.54 Å². The molecule has 27 heavy (non-hydrogen) atoms. The molecule has 8 heteroatoms. The van der Waals surface area contributed by atoms with E-state index in [9.17, 15) is 13.6 Å². The van der Waals surface area contributed by atoms with Gasteiger partial charge in [-0.25, -0.2) is 18.7 Å². The Morgan fingerprint density at radius 1 is 1.04 bits per heavy atom. The molecule has 1 amide bonds. The second-order valence-corrected chi connectivity index (χ2v) is 5.54. The first-order valence-electron chi connectivity index (χ1n) is 8.01. The second kappa shape index (κ2) is 8.22. The van der Waals surface area contributed by atoms with E-state index in [0.717, 1.165) is 23.4 Å². The SMILES string of the molecule is COc1ccc(CNC(=O)c2cnc(Nc3c(F)cccc3F)cn2)cc1. The van der Waals surface area contributed by atoms with Gasteiger partial charge < -0.3 is 15.4 Å². The average Bonchev–Trinajstić information content (AvgIpc) is 2.70. The van der Waals surface area contributed by atoms with Gasteiger partial charge in [0.2, 0.25) is 0 Å². The highest BCUT2D eigenvalue weighted by Gasteiger charge is 2.11. The summed E-state index contributed by atoms with van der Waals surface area (Å²) in [6.07, 6.45) is 2.46. The van der Waals surface area contributed by atoms with Crippen molar-refractivity contribution >= 4 is 17.4 Å². The largest absolute Gasteiger partial charge is 0.497 e. The highest BCUT2D eigenvalue weighted by Crippen LogP contribution is 2.21. The van der Waals surface area contributed by atoms with E-state index in [-0.39, 0.29) is 17.2 Å². The second-order valence-electron chi connectivity index (χ2n) is 5.54. The van der Waals surface area contributed by atoms with Crippen LogP contribution < -0.4 is 15.4 Å². The van der Waals surface area contributed by atoms with Crippen molar-refractivity contribution < 1.29 is 18.3 Å². The van der Waals surface area contributed by atoms with Gasteiger partial charge in [-0.3, -0.25) is 4.79 Å². The van der Waals surface area contributed by atoms with E-state index < -0.39 is 17.5 Å². The smallest absolute Gasteiger partial charge is 0.271 e. The van der Waals surface area contributed by atoms with Crippen molar-refractivity contribution in [1.29, 1.82) is 0 Å². The molecule has 0 saturated carbocycles. The lowest BCUT2D eigenvalue weighted by Crippen LogP contribution is -2.24. The first-order valence-corrected chi connectivity index (χ1v) is 8.01. The molecule has 6 nitrogen and oxygen atoms in total. The van der Waals surface area contributed by atoms with Crippen LogP contribution in [0.2, 0.25) is 0 Å². The lowest BCUT2D eigenvalue weighted by atomic mass is 10.2. The van der Waals surface area contributed by atoms with Crippen molar-refractivity contribution in [3.05, 3.63) is 77.8 Å². The van der Waals surface area contributed by atoms with Crippen LogP contribution in [-0.2, 0) is 6.54 Å². The van der Waals surface area contributed by atoms with Crippen LogP contribution in [0.3, 0.4) is 0 Å². The Balaban J connectivity index is 1.61. The molecule has 0 aliphatic carbocycles. The van der Waals surface area contributed by atoms with Crippen LogP contribution in [0.1, 0.15) is 16.1 Å². The van der Waals surface area contributed by atoms with Crippen LogP contribution in [0.15, 0.2) is 54.9 Å². The van der Waals surface area contributed by atoms with Crippen LogP contribution in [0.25, 0.3) is 0 Å². The van der Waals surface area contributed by atoms with Gasteiger partial charge in [-0.05, 0) is 29.8 Å². The molecule has 0 saturated heterocycles. The van der Waals surface area contributed by atoms with Crippen LogP contribution in [0.4, 0.5) is 20.3 Å². The fourth-order valence-corrected chi connectivity index (χ4v) is 2.27. The summed E-state index contributed by atoms with van der Waals surface area (Å²) in [5.41, 5.74) is 0.650. The minimum absolute atomic E-state index is 0.0862. The number of rotatable bonds is 6. The number of anilines is 2. The molecular weight excluding hydrogens is 354 g/mol. The van der Waals surface area contributed by atoms with E-state index >= 15 is 0 Å². The summed E-state index contributed by atoms with van der Waals surface area (Å²) in [5, 5.41) is 5.23. The Kier molecular flexibility index (Phi) is 5.55. The molecule has 3 aromatic rings. The highest BCUT2D eigenvalue weighted by molar-refractivity contribution is 5.92. The predicted molar refractivity (Wildman–Crippen MR) is 95.8 cm³/mol. The number of nitrogens with zero attached hydrogens (tertiary/aromatic N) is 2. The maximum Gasteiger partial charge on any atom is 0.271 e. The Morgan fingerprint density at radius 3 is 2.33 bits per heavy atom. The first-order chi connectivity index (χ1) is 13.1. The van der Waals surface area contributed by atoms with Gasteiger partial charge in [0.05, 0.1) is 19.5 Å². The summed E-state index contributed by atoms with van der Waals surface area (Å²) in [4.78, 5) is 20.1. The number of carbonyl (C=O) groups excluding carboxylic acids is 1. The van der Waals surface area contributed by atoms with E-state index in [1.165, 1.54) is 18.5 Å². The normalized spacial score (nSPS) is 10.3. The van der Waals surface area contributed by atoms with E-state index in [2.05, 4.69) is 20.6 Å². The number of halogens is 2. The molecule has 0 spiro atoms. The van der Waals surface area contributed by atoms with Crippen LogP contribution >= 0.6 is 0 Å². The number of hydrogen-bond donors (Lipinski definition) is 2. The molecule has 2 N–H and O–H groups in total. The molecule has 0 atom stereocenters. The van der Waals surface area contributed by atoms with Crippen molar-refractivity contribution in [3.63, 3.8) is 0 Å². The zero-order valence-electron chi connectivity index (χ0n) is 14.4. The lowest BCUT2D eigenvalue weighted by Gasteiger charge is -2.08. The average molecular weight is 370 g/mol. The van der Waals surface area contributed by atoms with Gasteiger partial charge in [0.1, 0.15) is 34.6 Å². The minimum Gasteiger partial charge on any atom is -0.497 e. The molecule has 0 bridgehead atoms. The molecule has 0 fully saturated rings. The Hall–Kier alpha value is -3.55.